The maximum absolute atomic E-state index is 4.44. The topological polar surface area (TPSA) is 42.2 Å². The maximum Gasteiger partial charge on any atom is 0.243 e. The monoisotopic (exact) mass is 292 g/mol. The van der Waals surface area contributed by atoms with Crippen molar-refractivity contribution in [3.63, 3.8) is 0 Å². The zero-order valence-electron chi connectivity index (χ0n) is 9.31. The quantitative estimate of drug-likeness (QED) is 0.865. The molecular weight excluding hydrogens is 280 g/mol. The van der Waals surface area contributed by atoms with Crippen molar-refractivity contribution in [3.05, 3.63) is 35.0 Å². The summed E-state index contributed by atoms with van der Waals surface area (Å²) in [5.74, 6) is 0.711. The average molecular weight is 293 g/mol. The van der Waals surface area contributed by atoms with Gasteiger partial charge in [-0.3, -0.25) is 0 Å². The van der Waals surface area contributed by atoms with Crippen LogP contribution in [0.25, 0.3) is 5.65 Å². The standard InChI is InChI=1S/C12H13BrN4/c13-9-6-7-11-15-12(16-17(11)8-9)14-10-4-2-1-3-5-10/h1-2,6-8,10H,3-5H2,(H,14,16). The highest BCUT2D eigenvalue weighted by atomic mass is 79.9. The molecule has 3 rings (SSSR count). The Morgan fingerprint density at radius 2 is 2.29 bits per heavy atom. The largest absolute Gasteiger partial charge is 0.350 e. The van der Waals surface area contributed by atoms with E-state index in [0.29, 0.717) is 12.0 Å². The van der Waals surface area contributed by atoms with Crippen LogP contribution in [0.1, 0.15) is 19.3 Å². The molecule has 1 atom stereocenters. The van der Waals surface area contributed by atoms with Crippen LogP contribution in [0, 0.1) is 0 Å². The van der Waals surface area contributed by atoms with Crippen LogP contribution >= 0.6 is 15.9 Å². The van der Waals surface area contributed by atoms with Crippen molar-refractivity contribution >= 4 is 27.5 Å². The van der Waals surface area contributed by atoms with Crippen LogP contribution in [0.15, 0.2) is 35.0 Å². The second kappa shape index (κ2) is 4.49. The molecule has 0 radical (unpaired) electrons. The van der Waals surface area contributed by atoms with Crippen molar-refractivity contribution in [1.29, 1.82) is 0 Å². The van der Waals surface area contributed by atoms with Crippen LogP contribution in [-0.4, -0.2) is 20.6 Å². The van der Waals surface area contributed by atoms with E-state index in [9.17, 15) is 0 Å². The lowest BCUT2D eigenvalue weighted by molar-refractivity contribution is 0.639. The van der Waals surface area contributed by atoms with E-state index in [1.165, 1.54) is 0 Å². The Hall–Kier alpha value is -1.36. The molecule has 0 aromatic carbocycles. The molecule has 0 saturated carbocycles. The number of rotatable bonds is 2. The molecule has 2 heterocycles. The first-order chi connectivity index (χ1) is 8.31. The lowest BCUT2D eigenvalue weighted by Gasteiger charge is -2.17. The molecule has 2 aromatic rings. The van der Waals surface area contributed by atoms with E-state index < -0.39 is 0 Å². The van der Waals surface area contributed by atoms with Gasteiger partial charge in [0.05, 0.1) is 0 Å². The van der Waals surface area contributed by atoms with Crippen LogP contribution < -0.4 is 5.32 Å². The minimum Gasteiger partial charge on any atom is -0.350 e. The van der Waals surface area contributed by atoms with Gasteiger partial charge in [-0.15, -0.1) is 5.10 Å². The van der Waals surface area contributed by atoms with Crippen LogP contribution in [0.4, 0.5) is 5.95 Å². The Balaban J connectivity index is 1.83. The van der Waals surface area contributed by atoms with Gasteiger partial charge in [0.25, 0.3) is 0 Å². The zero-order valence-corrected chi connectivity index (χ0v) is 10.9. The molecule has 2 aromatic heterocycles. The van der Waals surface area contributed by atoms with Crippen molar-refractivity contribution in [3.8, 4) is 0 Å². The molecule has 1 aliphatic carbocycles. The Kier molecular flexibility index (Phi) is 2.84. The van der Waals surface area contributed by atoms with Crippen molar-refractivity contribution in [2.45, 2.75) is 25.3 Å². The predicted octanol–water partition coefficient (Wildman–Crippen LogP) is 3.01. The van der Waals surface area contributed by atoms with E-state index in [2.05, 4.69) is 43.5 Å². The van der Waals surface area contributed by atoms with E-state index in [1.807, 2.05) is 18.3 Å². The number of fused-ring (bicyclic) bond motifs is 1. The number of hydrogen-bond donors (Lipinski definition) is 1. The number of nitrogens with zero attached hydrogens (tertiary/aromatic N) is 3. The number of allylic oxidation sites excluding steroid dienone is 1. The number of anilines is 1. The molecule has 0 saturated heterocycles. The first-order valence-electron chi connectivity index (χ1n) is 5.75. The number of pyridine rings is 1. The summed E-state index contributed by atoms with van der Waals surface area (Å²) in [6.45, 7) is 0. The fourth-order valence-corrected chi connectivity index (χ4v) is 2.35. The smallest absolute Gasteiger partial charge is 0.243 e. The van der Waals surface area contributed by atoms with Crippen molar-refractivity contribution in [1.82, 2.24) is 14.6 Å². The van der Waals surface area contributed by atoms with Gasteiger partial charge in [0.2, 0.25) is 5.95 Å². The summed E-state index contributed by atoms with van der Waals surface area (Å²) in [4.78, 5) is 4.44. The molecule has 5 heteroatoms. The Morgan fingerprint density at radius 3 is 3.12 bits per heavy atom. The molecule has 1 unspecified atom stereocenters. The Bertz CT molecular complexity index is 561. The molecule has 0 aliphatic heterocycles. The van der Waals surface area contributed by atoms with E-state index in [0.717, 1.165) is 29.4 Å². The molecule has 0 fully saturated rings. The number of aromatic nitrogens is 3. The fourth-order valence-electron chi connectivity index (χ4n) is 2.03. The third-order valence-electron chi connectivity index (χ3n) is 2.90. The third-order valence-corrected chi connectivity index (χ3v) is 3.37. The second-order valence-corrected chi connectivity index (χ2v) is 5.13. The molecule has 88 valence electrons. The normalized spacial score (nSPS) is 19.7. The molecule has 0 spiro atoms. The average Bonchev–Trinajstić information content (AvgIpc) is 2.71. The van der Waals surface area contributed by atoms with E-state index in [1.54, 1.807) is 4.52 Å². The molecule has 1 aliphatic rings. The number of nitrogens with one attached hydrogen (secondary N) is 1. The van der Waals surface area contributed by atoms with Crippen LogP contribution in [-0.2, 0) is 0 Å². The Morgan fingerprint density at radius 1 is 1.35 bits per heavy atom. The molecule has 17 heavy (non-hydrogen) atoms. The highest BCUT2D eigenvalue weighted by Gasteiger charge is 2.12. The van der Waals surface area contributed by atoms with E-state index in [4.69, 9.17) is 0 Å². The minimum absolute atomic E-state index is 0.459. The van der Waals surface area contributed by atoms with Gasteiger partial charge in [-0.05, 0) is 47.3 Å². The minimum atomic E-state index is 0.459. The third kappa shape index (κ3) is 2.34. The summed E-state index contributed by atoms with van der Waals surface area (Å²) >= 11 is 3.42. The number of hydrogen-bond acceptors (Lipinski definition) is 3. The number of halogens is 1. The molecule has 4 nitrogen and oxygen atoms in total. The van der Waals surface area contributed by atoms with Gasteiger partial charge < -0.3 is 5.32 Å². The van der Waals surface area contributed by atoms with Gasteiger partial charge in [-0.1, -0.05) is 12.2 Å². The van der Waals surface area contributed by atoms with Gasteiger partial charge in [-0.25, -0.2) is 4.52 Å². The highest BCUT2D eigenvalue weighted by molar-refractivity contribution is 9.10. The van der Waals surface area contributed by atoms with Gasteiger partial charge in [-0.2, -0.15) is 4.98 Å². The molecule has 1 N–H and O–H groups in total. The zero-order chi connectivity index (χ0) is 11.7. The summed E-state index contributed by atoms with van der Waals surface area (Å²) in [7, 11) is 0. The van der Waals surface area contributed by atoms with Crippen LogP contribution in [0.5, 0.6) is 0 Å². The van der Waals surface area contributed by atoms with Gasteiger partial charge in [0.1, 0.15) is 0 Å². The first-order valence-corrected chi connectivity index (χ1v) is 6.54. The van der Waals surface area contributed by atoms with E-state index >= 15 is 0 Å². The summed E-state index contributed by atoms with van der Waals surface area (Å²) in [5.41, 5.74) is 0.863. The molecular formula is C12H13BrN4. The van der Waals surface area contributed by atoms with Crippen molar-refractivity contribution in [2.24, 2.45) is 0 Å². The van der Waals surface area contributed by atoms with Gasteiger partial charge in [0.15, 0.2) is 5.65 Å². The maximum atomic E-state index is 4.44. The Labute approximate surface area is 108 Å². The van der Waals surface area contributed by atoms with Gasteiger partial charge >= 0.3 is 0 Å². The highest BCUT2D eigenvalue weighted by Crippen LogP contribution is 2.16. The van der Waals surface area contributed by atoms with Gasteiger partial charge in [0, 0.05) is 16.7 Å². The van der Waals surface area contributed by atoms with Crippen molar-refractivity contribution < 1.29 is 0 Å². The second-order valence-electron chi connectivity index (χ2n) is 4.21. The first kappa shape index (κ1) is 10.8. The molecule has 0 amide bonds. The lowest BCUT2D eigenvalue weighted by Crippen LogP contribution is -2.20. The van der Waals surface area contributed by atoms with E-state index in [-0.39, 0.29) is 0 Å². The summed E-state index contributed by atoms with van der Waals surface area (Å²) in [5, 5.41) is 7.79. The summed E-state index contributed by atoms with van der Waals surface area (Å²) in [6.07, 6.45) is 9.69. The predicted molar refractivity (Wildman–Crippen MR) is 71.1 cm³/mol. The lowest BCUT2D eigenvalue weighted by atomic mass is 10.0. The summed E-state index contributed by atoms with van der Waals surface area (Å²) in [6, 6.07) is 4.38. The summed E-state index contributed by atoms with van der Waals surface area (Å²) < 4.78 is 2.78. The van der Waals surface area contributed by atoms with Crippen LogP contribution in [0.3, 0.4) is 0 Å². The van der Waals surface area contributed by atoms with Crippen LogP contribution in [0.2, 0.25) is 0 Å². The molecule has 0 bridgehead atoms. The van der Waals surface area contributed by atoms with Crippen molar-refractivity contribution in [2.75, 3.05) is 5.32 Å². The fraction of sp³-hybridized carbons (Fsp3) is 0.333. The SMILES string of the molecule is Brc1ccc2nc(NC3CC=CCC3)nn2c1.